The lowest BCUT2D eigenvalue weighted by molar-refractivity contribution is 0.0785. The molecular weight excluding hydrogens is 414 g/mol. The number of rotatable bonds is 6. The number of aromatic nitrogens is 1. The Balaban J connectivity index is 1.60. The van der Waals surface area contributed by atoms with Crippen molar-refractivity contribution < 1.29 is 22.7 Å². The van der Waals surface area contributed by atoms with Gasteiger partial charge in [-0.3, -0.25) is 4.79 Å². The van der Waals surface area contributed by atoms with Gasteiger partial charge in [-0.15, -0.1) is 0 Å². The van der Waals surface area contributed by atoms with Crippen LogP contribution in [0, 0.1) is 11.6 Å². The molecule has 32 heavy (non-hydrogen) atoms. The Morgan fingerprint density at radius 3 is 2.44 bits per heavy atom. The number of halogens is 2. The van der Waals surface area contributed by atoms with E-state index in [0.717, 1.165) is 0 Å². The summed E-state index contributed by atoms with van der Waals surface area (Å²) in [4.78, 5) is 18.9. The number of carbonyl (C=O) groups excluding carboxylic acids is 1. The Kier molecular flexibility index (Phi) is 5.98. The monoisotopic (exact) mass is 434 g/mol. The summed E-state index contributed by atoms with van der Waals surface area (Å²) >= 11 is 0. The highest BCUT2D eigenvalue weighted by molar-refractivity contribution is 5.99. The lowest BCUT2D eigenvalue weighted by atomic mass is 10.1. The average molecular weight is 434 g/mol. The minimum Gasteiger partial charge on any atom is -0.494 e. The number of benzene rings is 3. The fourth-order valence-corrected chi connectivity index (χ4v) is 3.40. The van der Waals surface area contributed by atoms with Crippen LogP contribution >= 0.6 is 0 Å². The molecule has 0 saturated carbocycles. The van der Waals surface area contributed by atoms with Gasteiger partial charge in [0.05, 0.1) is 24.4 Å². The van der Waals surface area contributed by atoms with Gasteiger partial charge < -0.3 is 14.1 Å². The van der Waals surface area contributed by atoms with Crippen molar-refractivity contribution in [2.24, 2.45) is 0 Å². The lowest BCUT2D eigenvalue weighted by Crippen LogP contribution is -2.26. The van der Waals surface area contributed by atoms with Crippen molar-refractivity contribution >= 4 is 5.91 Å². The van der Waals surface area contributed by atoms with E-state index in [-0.39, 0.29) is 35.4 Å². The molecule has 0 atom stereocenters. The van der Waals surface area contributed by atoms with Crippen LogP contribution < -0.4 is 4.74 Å². The van der Waals surface area contributed by atoms with Crippen molar-refractivity contribution in [2.45, 2.75) is 6.54 Å². The van der Waals surface area contributed by atoms with Crippen LogP contribution in [0.25, 0.3) is 22.8 Å². The summed E-state index contributed by atoms with van der Waals surface area (Å²) in [5.74, 6) is -0.596. The van der Waals surface area contributed by atoms with Gasteiger partial charge >= 0.3 is 0 Å². The molecule has 5 nitrogen and oxygen atoms in total. The molecule has 7 heteroatoms. The number of carbonyl (C=O) groups is 1. The van der Waals surface area contributed by atoms with Gasteiger partial charge in [-0.25, -0.2) is 13.8 Å². The second-order valence-electron chi connectivity index (χ2n) is 7.19. The first-order valence-corrected chi connectivity index (χ1v) is 9.86. The van der Waals surface area contributed by atoms with E-state index in [2.05, 4.69) is 4.98 Å². The minimum absolute atomic E-state index is 0.141. The molecule has 0 radical (unpaired) electrons. The SMILES string of the molecule is COc1ccc(CN(C)C(=O)c2ccccc2-c2ncc(-c3ccccc3F)o2)cc1F. The molecule has 1 amide bonds. The van der Waals surface area contributed by atoms with E-state index >= 15 is 0 Å². The Morgan fingerprint density at radius 1 is 1.00 bits per heavy atom. The van der Waals surface area contributed by atoms with E-state index in [9.17, 15) is 13.6 Å². The van der Waals surface area contributed by atoms with Crippen LogP contribution in [0.4, 0.5) is 8.78 Å². The third-order valence-electron chi connectivity index (χ3n) is 5.02. The Morgan fingerprint density at radius 2 is 1.72 bits per heavy atom. The molecule has 162 valence electrons. The van der Waals surface area contributed by atoms with Crippen LogP contribution in [0.2, 0.25) is 0 Å². The highest BCUT2D eigenvalue weighted by atomic mass is 19.1. The smallest absolute Gasteiger partial charge is 0.254 e. The summed E-state index contributed by atoms with van der Waals surface area (Å²) in [6.45, 7) is 0.195. The van der Waals surface area contributed by atoms with E-state index in [1.807, 2.05) is 0 Å². The van der Waals surface area contributed by atoms with Crippen LogP contribution in [0.5, 0.6) is 5.75 Å². The molecule has 0 aliphatic heterocycles. The van der Waals surface area contributed by atoms with Crippen molar-refractivity contribution in [2.75, 3.05) is 14.2 Å². The molecule has 3 aromatic carbocycles. The van der Waals surface area contributed by atoms with Crippen molar-refractivity contribution in [1.82, 2.24) is 9.88 Å². The molecule has 4 aromatic rings. The number of oxazole rings is 1. The number of methoxy groups -OCH3 is 1. The van der Waals surface area contributed by atoms with Crippen LogP contribution in [0.1, 0.15) is 15.9 Å². The first-order chi connectivity index (χ1) is 15.5. The van der Waals surface area contributed by atoms with Gasteiger partial charge in [-0.05, 0) is 42.0 Å². The van der Waals surface area contributed by atoms with Crippen molar-refractivity contribution in [3.63, 3.8) is 0 Å². The molecule has 0 spiro atoms. The molecule has 4 rings (SSSR count). The van der Waals surface area contributed by atoms with Gasteiger partial charge in [0.1, 0.15) is 5.82 Å². The second-order valence-corrected chi connectivity index (χ2v) is 7.19. The van der Waals surface area contributed by atoms with Crippen molar-refractivity contribution in [3.05, 3.63) is 95.7 Å². The van der Waals surface area contributed by atoms with Crippen LogP contribution in [-0.4, -0.2) is 29.9 Å². The zero-order valence-electron chi connectivity index (χ0n) is 17.5. The van der Waals surface area contributed by atoms with Crippen LogP contribution in [0.15, 0.2) is 77.3 Å². The third-order valence-corrected chi connectivity index (χ3v) is 5.02. The van der Waals surface area contributed by atoms with Crippen molar-refractivity contribution in [3.8, 4) is 28.5 Å². The van der Waals surface area contributed by atoms with E-state index in [1.54, 1.807) is 55.6 Å². The summed E-state index contributed by atoms with van der Waals surface area (Å²) < 4.78 is 38.8. The van der Waals surface area contributed by atoms with E-state index < -0.39 is 11.6 Å². The zero-order valence-corrected chi connectivity index (χ0v) is 17.5. The van der Waals surface area contributed by atoms with Gasteiger partial charge in [0.2, 0.25) is 5.89 Å². The van der Waals surface area contributed by atoms with Gasteiger partial charge in [0.25, 0.3) is 5.91 Å². The van der Waals surface area contributed by atoms with Gasteiger partial charge in [0, 0.05) is 19.2 Å². The van der Waals surface area contributed by atoms with Gasteiger partial charge in [-0.1, -0.05) is 30.3 Å². The number of ether oxygens (including phenoxy) is 1. The summed E-state index contributed by atoms with van der Waals surface area (Å²) in [7, 11) is 3.02. The minimum atomic E-state index is -0.494. The number of amides is 1. The number of hydrogen-bond acceptors (Lipinski definition) is 4. The van der Waals surface area contributed by atoms with Crippen LogP contribution in [-0.2, 0) is 6.54 Å². The van der Waals surface area contributed by atoms with E-state index in [4.69, 9.17) is 9.15 Å². The normalized spacial score (nSPS) is 10.8. The Bertz CT molecular complexity index is 1270. The summed E-state index contributed by atoms with van der Waals surface area (Å²) in [5.41, 5.74) is 1.75. The summed E-state index contributed by atoms with van der Waals surface area (Å²) in [6, 6.07) is 17.7. The zero-order chi connectivity index (χ0) is 22.7. The molecule has 0 bridgehead atoms. The molecular formula is C25H20F2N2O3. The first kappa shape index (κ1) is 21.2. The Hall–Kier alpha value is -4.00. The third kappa shape index (κ3) is 4.23. The van der Waals surface area contributed by atoms with E-state index in [0.29, 0.717) is 16.7 Å². The van der Waals surface area contributed by atoms with E-state index in [1.165, 1.54) is 36.4 Å². The van der Waals surface area contributed by atoms with Gasteiger partial charge in [-0.2, -0.15) is 0 Å². The number of hydrogen-bond donors (Lipinski definition) is 0. The highest BCUT2D eigenvalue weighted by Gasteiger charge is 2.21. The second kappa shape index (κ2) is 9.01. The average Bonchev–Trinajstić information content (AvgIpc) is 3.29. The molecule has 0 aliphatic rings. The predicted molar refractivity (Wildman–Crippen MR) is 116 cm³/mol. The predicted octanol–water partition coefficient (Wildman–Crippen LogP) is 5.57. The maximum Gasteiger partial charge on any atom is 0.254 e. The lowest BCUT2D eigenvalue weighted by Gasteiger charge is -2.19. The molecule has 0 fully saturated rings. The molecule has 0 unspecified atom stereocenters. The largest absolute Gasteiger partial charge is 0.494 e. The quantitative estimate of drug-likeness (QED) is 0.398. The highest BCUT2D eigenvalue weighted by Crippen LogP contribution is 2.30. The molecule has 0 N–H and O–H groups in total. The van der Waals surface area contributed by atoms with Crippen LogP contribution in [0.3, 0.4) is 0 Å². The fraction of sp³-hybridized carbons (Fsp3) is 0.120. The first-order valence-electron chi connectivity index (χ1n) is 9.86. The van der Waals surface area contributed by atoms with Crippen molar-refractivity contribution in [1.29, 1.82) is 0 Å². The maximum absolute atomic E-state index is 14.1. The maximum atomic E-state index is 14.1. The summed E-state index contributed by atoms with van der Waals surface area (Å²) in [6.07, 6.45) is 1.43. The molecule has 1 aromatic heterocycles. The van der Waals surface area contributed by atoms with Gasteiger partial charge in [0.15, 0.2) is 17.3 Å². The Labute approximate surface area is 183 Å². The molecule has 0 saturated heterocycles. The molecule has 0 aliphatic carbocycles. The fourth-order valence-electron chi connectivity index (χ4n) is 3.40. The standard InChI is InChI=1S/C25H20F2N2O3/c1-29(15-16-11-12-22(31-2)21(27)13-16)25(30)18-8-4-3-7-17(18)24-28-14-23(32-24)19-9-5-6-10-20(19)26/h3-14H,15H2,1-2H3. The topological polar surface area (TPSA) is 55.6 Å². The molecule has 1 heterocycles. The summed E-state index contributed by atoms with van der Waals surface area (Å²) in [5, 5.41) is 0. The number of nitrogens with zero attached hydrogens (tertiary/aromatic N) is 2.